The number of nitrogens with two attached hydrogens (primary N) is 1. The lowest BCUT2D eigenvalue weighted by molar-refractivity contribution is -0.384. The lowest BCUT2D eigenvalue weighted by atomic mass is 10.0. The second kappa shape index (κ2) is 6.21. The highest BCUT2D eigenvalue weighted by Crippen LogP contribution is 2.25. The van der Waals surface area contributed by atoms with Crippen LogP contribution < -0.4 is 10.9 Å². The third kappa shape index (κ3) is 3.95. The van der Waals surface area contributed by atoms with Gasteiger partial charge in [-0.3, -0.25) is 19.7 Å². The van der Waals surface area contributed by atoms with Crippen LogP contribution in [0.15, 0.2) is 24.3 Å². The highest BCUT2D eigenvalue weighted by Gasteiger charge is 2.42. The van der Waals surface area contributed by atoms with Crippen molar-refractivity contribution in [3.8, 4) is 0 Å². The molecule has 9 nitrogen and oxygen atoms in total. The Balaban J connectivity index is 1.96. The first kappa shape index (κ1) is 16.7. The van der Waals surface area contributed by atoms with Gasteiger partial charge in [-0.2, -0.15) is 0 Å². The number of hydrogen-bond donors (Lipinski definition) is 1. The first-order valence-electron chi connectivity index (χ1n) is 6.92. The number of non-ortho nitro benzene ring substituents is 1. The van der Waals surface area contributed by atoms with E-state index in [4.69, 9.17) is 15.3 Å². The Morgan fingerprint density at radius 1 is 1.22 bits per heavy atom. The minimum atomic E-state index is -1.26. The molecule has 0 spiro atoms. The first-order chi connectivity index (χ1) is 10.7. The van der Waals surface area contributed by atoms with E-state index >= 15 is 0 Å². The highest BCUT2D eigenvalue weighted by molar-refractivity contribution is 5.96. The summed E-state index contributed by atoms with van der Waals surface area (Å²) < 4.78 is 10.0. The van der Waals surface area contributed by atoms with E-state index in [0.717, 1.165) is 0 Å². The van der Waals surface area contributed by atoms with Gasteiger partial charge in [0.25, 0.3) is 11.5 Å². The summed E-state index contributed by atoms with van der Waals surface area (Å²) in [7, 11) is 0. The largest absolute Gasteiger partial charge is 0.422 e. The Morgan fingerprint density at radius 3 is 2.22 bits per heavy atom. The van der Waals surface area contributed by atoms with Crippen LogP contribution >= 0.6 is 0 Å². The average molecular weight is 323 g/mol. The van der Waals surface area contributed by atoms with Crippen LogP contribution in [0.2, 0.25) is 0 Å². The number of cyclic esters (lactones) is 2. The van der Waals surface area contributed by atoms with Crippen molar-refractivity contribution in [2.45, 2.75) is 26.1 Å². The molecule has 1 fully saturated rings. The van der Waals surface area contributed by atoms with E-state index in [-0.39, 0.29) is 18.7 Å². The molecule has 0 atom stereocenters. The fourth-order valence-electron chi connectivity index (χ4n) is 2.14. The van der Waals surface area contributed by atoms with Gasteiger partial charge < -0.3 is 14.5 Å². The maximum atomic E-state index is 11.8. The molecule has 2 N–H and O–H groups in total. The molecule has 1 aromatic carbocycles. The number of carbonyl (C=O) groups is 2. The molecule has 1 aromatic rings. The fourth-order valence-corrected chi connectivity index (χ4v) is 2.14. The van der Waals surface area contributed by atoms with Gasteiger partial charge in [-0.1, -0.05) is 0 Å². The number of nitrogens with zero attached hydrogens (tertiary/aromatic N) is 2. The van der Waals surface area contributed by atoms with Crippen LogP contribution in [-0.2, 0) is 19.1 Å². The van der Waals surface area contributed by atoms with Gasteiger partial charge in [0.15, 0.2) is 5.92 Å². The van der Waals surface area contributed by atoms with E-state index in [0.29, 0.717) is 5.69 Å². The Morgan fingerprint density at radius 2 is 1.74 bits per heavy atom. The zero-order valence-electron chi connectivity index (χ0n) is 12.7. The number of rotatable bonds is 5. The maximum absolute atomic E-state index is 11.8. The first-order valence-corrected chi connectivity index (χ1v) is 6.92. The van der Waals surface area contributed by atoms with Crippen LogP contribution in [0.1, 0.15) is 20.3 Å². The van der Waals surface area contributed by atoms with E-state index in [1.54, 1.807) is 0 Å². The third-order valence-electron chi connectivity index (χ3n) is 3.31. The number of carbonyl (C=O) groups excluding carboxylic acids is 2. The molecule has 1 heterocycles. The second-order valence-electron chi connectivity index (χ2n) is 5.55. The fraction of sp³-hybridized carbons (Fsp3) is 0.429. The van der Waals surface area contributed by atoms with E-state index in [1.807, 2.05) is 0 Å². The number of ether oxygens (including phenoxy) is 2. The lowest BCUT2D eigenvalue weighted by Crippen LogP contribution is -2.47. The zero-order chi connectivity index (χ0) is 17.2. The molecule has 124 valence electrons. The van der Waals surface area contributed by atoms with E-state index < -0.39 is 28.6 Å². The molecule has 0 aliphatic carbocycles. The molecular weight excluding hydrogens is 306 g/mol. The summed E-state index contributed by atoms with van der Waals surface area (Å²) in [5.74, 6) is 2.25. The number of nitro groups is 1. The molecule has 0 bridgehead atoms. The molecule has 0 saturated carbocycles. The van der Waals surface area contributed by atoms with Gasteiger partial charge in [0.2, 0.25) is 0 Å². The number of benzene rings is 1. The average Bonchev–Trinajstić information content (AvgIpc) is 2.45. The molecule has 1 aliphatic rings. The molecular formula is C14H17N3O6. The van der Waals surface area contributed by atoms with Crippen LogP contribution in [-0.4, -0.2) is 29.2 Å². The Labute approximate surface area is 132 Å². The zero-order valence-corrected chi connectivity index (χ0v) is 12.7. The Bertz CT molecular complexity index is 608. The minimum absolute atomic E-state index is 0.0520. The summed E-state index contributed by atoms with van der Waals surface area (Å²) in [6, 6.07) is 5.61. The Hall–Kier alpha value is -2.68. The van der Waals surface area contributed by atoms with Crippen LogP contribution in [0.25, 0.3) is 0 Å². The van der Waals surface area contributed by atoms with Crippen molar-refractivity contribution in [1.82, 2.24) is 0 Å². The monoisotopic (exact) mass is 323 g/mol. The summed E-state index contributed by atoms with van der Waals surface area (Å²) in [6.45, 7) is 3.13. The van der Waals surface area contributed by atoms with E-state index in [1.165, 1.54) is 43.1 Å². The number of hydrazine groups is 1. The van der Waals surface area contributed by atoms with Gasteiger partial charge in [-0.25, -0.2) is 5.84 Å². The predicted molar refractivity (Wildman–Crippen MR) is 79.0 cm³/mol. The van der Waals surface area contributed by atoms with Gasteiger partial charge in [0.05, 0.1) is 10.6 Å². The normalized spacial score (nSPS) is 17.3. The van der Waals surface area contributed by atoms with Gasteiger partial charge in [0, 0.05) is 32.5 Å². The van der Waals surface area contributed by atoms with Crippen molar-refractivity contribution in [3.63, 3.8) is 0 Å². The molecule has 0 radical (unpaired) electrons. The topological polar surface area (TPSA) is 125 Å². The molecule has 0 aromatic heterocycles. The summed E-state index contributed by atoms with van der Waals surface area (Å²) in [4.78, 5) is 33.7. The molecule has 0 amide bonds. The van der Waals surface area contributed by atoms with Crippen LogP contribution in [0.3, 0.4) is 0 Å². The minimum Gasteiger partial charge on any atom is -0.422 e. The molecule has 2 rings (SSSR count). The number of esters is 2. The standard InChI is InChI=1S/C14H17N3O6/c1-14(2)22-12(18)11(13(19)23-14)7-8-16(15)9-3-5-10(6-4-9)17(20)21/h3-6,11H,7-8,15H2,1-2H3. The Kier molecular flexibility index (Phi) is 4.50. The summed E-state index contributed by atoms with van der Waals surface area (Å²) in [6.07, 6.45) is 0.112. The summed E-state index contributed by atoms with van der Waals surface area (Å²) in [5, 5.41) is 11.9. The van der Waals surface area contributed by atoms with Gasteiger partial charge in [-0.05, 0) is 18.6 Å². The molecule has 0 unspecified atom stereocenters. The summed E-state index contributed by atoms with van der Waals surface area (Å²) >= 11 is 0. The van der Waals surface area contributed by atoms with Crippen LogP contribution in [0.4, 0.5) is 11.4 Å². The molecule has 9 heteroatoms. The SMILES string of the molecule is CC1(C)OC(=O)C(CCN(N)c2ccc([N+](=O)[O-])cc2)C(=O)O1. The third-order valence-corrected chi connectivity index (χ3v) is 3.31. The van der Waals surface area contributed by atoms with Gasteiger partial charge >= 0.3 is 11.9 Å². The van der Waals surface area contributed by atoms with Gasteiger partial charge in [-0.15, -0.1) is 0 Å². The second-order valence-corrected chi connectivity index (χ2v) is 5.55. The molecule has 1 saturated heterocycles. The number of anilines is 1. The summed E-state index contributed by atoms with van der Waals surface area (Å²) in [5.41, 5.74) is 0.470. The van der Waals surface area contributed by atoms with Crippen molar-refractivity contribution in [2.75, 3.05) is 11.6 Å². The van der Waals surface area contributed by atoms with Crippen molar-refractivity contribution in [1.29, 1.82) is 0 Å². The van der Waals surface area contributed by atoms with Crippen LogP contribution in [0.5, 0.6) is 0 Å². The van der Waals surface area contributed by atoms with Crippen molar-refractivity contribution in [2.24, 2.45) is 11.8 Å². The molecule has 1 aliphatic heterocycles. The lowest BCUT2D eigenvalue weighted by Gasteiger charge is -2.33. The van der Waals surface area contributed by atoms with E-state index in [9.17, 15) is 19.7 Å². The van der Waals surface area contributed by atoms with Crippen molar-refractivity contribution in [3.05, 3.63) is 34.4 Å². The smallest absolute Gasteiger partial charge is 0.323 e. The van der Waals surface area contributed by atoms with Crippen molar-refractivity contribution >= 4 is 23.3 Å². The quantitative estimate of drug-likeness (QED) is 0.281. The number of nitro benzene ring substituents is 1. The van der Waals surface area contributed by atoms with E-state index in [2.05, 4.69) is 0 Å². The molecule has 23 heavy (non-hydrogen) atoms. The van der Waals surface area contributed by atoms with Crippen LogP contribution in [0, 0.1) is 16.0 Å². The van der Waals surface area contributed by atoms with Gasteiger partial charge in [0.1, 0.15) is 0 Å². The predicted octanol–water partition coefficient (Wildman–Crippen LogP) is 1.12. The number of hydrogen-bond acceptors (Lipinski definition) is 8. The highest BCUT2D eigenvalue weighted by atomic mass is 16.7. The maximum Gasteiger partial charge on any atom is 0.323 e. The van der Waals surface area contributed by atoms with Crippen molar-refractivity contribution < 1.29 is 24.0 Å².